The summed E-state index contributed by atoms with van der Waals surface area (Å²) in [4.78, 5) is 21.7. The highest BCUT2D eigenvalue weighted by molar-refractivity contribution is 7.98. The van der Waals surface area contributed by atoms with Gasteiger partial charge < -0.3 is 14.8 Å². The first-order valence-corrected chi connectivity index (χ1v) is 9.17. The molecule has 0 atom stereocenters. The predicted molar refractivity (Wildman–Crippen MR) is 93.7 cm³/mol. The number of para-hydroxylation sites is 1. The number of fused-ring (bicyclic) bond motifs is 1. The molecule has 128 valence electrons. The van der Waals surface area contributed by atoms with Gasteiger partial charge in [0.1, 0.15) is 0 Å². The Balaban J connectivity index is 1.80. The average molecular weight is 347 g/mol. The zero-order valence-electron chi connectivity index (χ0n) is 13.8. The van der Waals surface area contributed by atoms with Crippen LogP contribution < -0.4 is 10.3 Å². The molecule has 1 aliphatic heterocycles. The first-order chi connectivity index (χ1) is 11.6. The fourth-order valence-corrected chi connectivity index (χ4v) is 3.29. The van der Waals surface area contributed by atoms with Crippen molar-refractivity contribution in [3.63, 3.8) is 0 Å². The van der Waals surface area contributed by atoms with Crippen molar-refractivity contribution in [3.05, 3.63) is 45.4 Å². The van der Waals surface area contributed by atoms with E-state index < -0.39 is 0 Å². The van der Waals surface area contributed by atoms with Crippen molar-refractivity contribution in [2.45, 2.75) is 31.6 Å². The zero-order valence-corrected chi connectivity index (χ0v) is 14.7. The molecule has 0 amide bonds. The highest BCUT2D eigenvalue weighted by Gasteiger charge is 2.22. The fraction of sp³-hybridized carbons (Fsp3) is 0.412. The number of hydrogen-bond donors (Lipinski definition) is 2. The predicted octanol–water partition coefficient (Wildman–Crippen LogP) is 2.15. The highest BCUT2D eigenvalue weighted by Crippen LogP contribution is 2.31. The number of aromatic amines is 1. The van der Waals surface area contributed by atoms with Crippen LogP contribution in [0.25, 0.3) is 0 Å². The quantitative estimate of drug-likeness (QED) is 0.637. The number of nitrogens with zero attached hydrogens (tertiary/aromatic N) is 2. The molecule has 3 rings (SSSR count). The number of hydrogen-bond acceptors (Lipinski definition) is 6. The Bertz CT molecular complexity index is 791. The van der Waals surface area contributed by atoms with E-state index in [-0.39, 0.29) is 11.3 Å². The van der Waals surface area contributed by atoms with Crippen molar-refractivity contribution < 1.29 is 9.84 Å². The zero-order chi connectivity index (χ0) is 17.1. The van der Waals surface area contributed by atoms with Crippen LogP contribution in [0.4, 0.5) is 0 Å². The molecule has 2 N–H and O–H groups in total. The van der Waals surface area contributed by atoms with Gasteiger partial charge >= 0.3 is 0 Å². The maximum atomic E-state index is 12.2. The van der Waals surface area contributed by atoms with Gasteiger partial charge in [0.15, 0.2) is 16.7 Å². The lowest BCUT2D eigenvalue weighted by molar-refractivity contribution is 0.236. The second-order valence-corrected chi connectivity index (χ2v) is 6.45. The number of aromatic nitrogens is 2. The third kappa shape index (κ3) is 3.42. The molecule has 24 heavy (non-hydrogen) atoms. The van der Waals surface area contributed by atoms with Crippen LogP contribution in [-0.2, 0) is 19.5 Å². The van der Waals surface area contributed by atoms with E-state index in [2.05, 4.69) is 14.9 Å². The number of nitrogens with one attached hydrogen (secondary N) is 1. The summed E-state index contributed by atoms with van der Waals surface area (Å²) in [5.41, 5.74) is 2.34. The summed E-state index contributed by atoms with van der Waals surface area (Å²) in [6.45, 7) is 4.29. The smallest absolute Gasteiger partial charge is 0.256 e. The summed E-state index contributed by atoms with van der Waals surface area (Å²) in [6.07, 6.45) is 2.63. The Morgan fingerprint density at radius 1 is 1.46 bits per heavy atom. The molecule has 1 aromatic carbocycles. The molecule has 0 unspecified atom stereocenters. The Morgan fingerprint density at radius 3 is 3.04 bits per heavy atom. The molecule has 0 spiro atoms. The van der Waals surface area contributed by atoms with Gasteiger partial charge in [0.2, 0.25) is 0 Å². The largest absolute Gasteiger partial charge is 0.504 e. The standard InChI is InChI=1S/C17H21N3O3S/c1-3-23-14-6-4-5-11(15(14)21)9-20-8-7-13-12(10-20)16(22)19-17(18-13)24-2/h4-6,21H,3,7-10H2,1-2H3,(H,18,19,22). The van der Waals surface area contributed by atoms with Crippen molar-refractivity contribution in [1.82, 2.24) is 14.9 Å². The topological polar surface area (TPSA) is 78.5 Å². The van der Waals surface area contributed by atoms with E-state index in [0.29, 0.717) is 30.6 Å². The number of rotatable bonds is 5. The molecule has 1 aromatic heterocycles. The molecule has 7 heteroatoms. The van der Waals surface area contributed by atoms with Crippen molar-refractivity contribution in [3.8, 4) is 11.5 Å². The lowest BCUT2D eigenvalue weighted by atomic mass is 10.1. The van der Waals surface area contributed by atoms with Crippen LogP contribution in [-0.4, -0.2) is 39.4 Å². The van der Waals surface area contributed by atoms with Gasteiger partial charge in [0.05, 0.1) is 17.9 Å². The third-order valence-electron chi connectivity index (χ3n) is 4.10. The van der Waals surface area contributed by atoms with Crippen molar-refractivity contribution in [2.75, 3.05) is 19.4 Å². The molecule has 0 fully saturated rings. The van der Waals surface area contributed by atoms with Gasteiger partial charge in [-0.1, -0.05) is 23.9 Å². The van der Waals surface area contributed by atoms with E-state index in [1.54, 1.807) is 6.07 Å². The third-order valence-corrected chi connectivity index (χ3v) is 4.68. The van der Waals surface area contributed by atoms with E-state index in [4.69, 9.17) is 4.74 Å². The Labute approximate surface area is 144 Å². The first kappa shape index (κ1) is 16.9. The molecule has 2 heterocycles. The maximum Gasteiger partial charge on any atom is 0.256 e. The summed E-state index contributed by atoms with van der Waals surface area (Å²) in [5.74, 6) is 0.673. The van der Waals surface area contributed by atoms with Gasteiger partial charge in [-0.3, -0.25) is 9.69 Å². The Hall–Kier alpha value is -1.99. The van der Waals surface area contributed by atoms with Crippen LogP contribution in [0.2, 0.25) is 0 Å². The van der Waals surface area contributed by atoms with Gasteiger partial charge in [-0.05, 0) is 19.2 Å². The minimum Gasteiger partial charge on any atom is -0.504 e. The van der Waals surface area contributed by atoms with Gasteiger partial charge in [0.25, 0.3) is 5.56 Å². The number of H-pyrrole nitrogens is 1. The highest BCUT2D eigenvalue weighted by atomic mass is 32.2. The monoisotopic (exact) mass is 347 g/mol. The maximum absolute atomic E-state index is 12.2. The minimum atomic E-state index is -0.0682. The number of aromatic hydroxyl groups is 1. The average Bonchev–Trinajstić information content (AvgIpc) is 2.59. The molecular weight excluding hydrogens is 326 g/mol. The summed E-state index contributed by atoms with van der Waals surface area (Å²) in [6, 6.07) is 5.51. The molecule has 6 nitrogen and oxygen atoms in total. The number of thioether (sulfide) groups is 1. The fourth-order valence-electron chi connectivity index (χ4n) is 2.90. The van der Waals surface area contributed by atoms with Crippen LogP contribution in [0.5, 0.6) is 11.5 Å². The van der Waals surface area contributed by atoms with Crippen LogP contribution in [0.1, 0.15) is 23.7 Å². The van der Waals surface area contributed by atoms with Crippen LogP contribution >= 0.6 is 11.8 Å². The Morgan fingerprint density at radius 2 is 2.29 bits per heavy atom. The Kier molecular flexibility index (Phi) is 5.11. The van der Waals surface area contributed by atoms with E-state index in [9.17, 15) is 9.90 Å². The summed E-state index contributed by atoms with van der Waals surface area (Å²) in [5, 5.41) is 11.0. The number of phenolic OH excluding ortho intramolecular Hbond substituents is 1. The van der Waals surface area contributed by atoms with E-state index >= 15 is 0 Å². The normalized spacial score (nSPS) is 14.4. The molecule has 0 aliphatic carbocycles. The summed E-state index contributed by atoms with van der Waals surface area (Å²) in [7, 11) is 0. The first-order valence-electron chi connectivity index (χ1n) is 7.94. The number of phenols is 1. The van der Waals surface area contributed by atoms with E-state index in [0.717, 1.165) is 29.8 Å². The molecule has 0 saturated carbocycles. The summed E-state index contributed by atoms with van der Waals surface area (Å²) < 4.78 is 5.43. The molecule has 1 aliphatic rings. The van der Waals surface area contributed by atoms with E-state index in [1.165, 1.54) is 11.8 Å². The van der Waals surface area contributed by atoms with Crippen LogP contribution in [0.15, 0.2) is 28.2 Å². The van der Waals surface area contributed by atoms with Gasteiger partial charge in [0, 0.05) is 31.6 Å². The van der Waals surface area contributed by atoms with Crippen molar-refractivity contribution in [2.24, 2.45) is 0 Å². The van der Waals surface area contributed by atoms with E-state index in [1.807, 2.05) is 25.3 Å². The molecule has 0 radical (unpaired) electrons. The lowest BCUT2D eigenvalue weighted by Gasteiger charge is -2.28. The number of ether oxygens (including phenoxy) is 1. The summed E-state index contributed by atoms with van der Waals surface area (Å²) >= 11 is 1.44. The van der Waals surface area contributed by atoms with Crippen molar-refractivity contribution in [1.29, 1.82) is 0 Å². The second-order valence-electron chi connectivity index (χ2n) is 5.66. The van der Waals surface area contributed by atoms with Crippen LogP contribution in [0, 0.1) is 0 Å². The van der Waals surface area contributed by atoms with Gasteiger partial charge in [-0.2, -0.15) is 0 Å². The molecule has 0 saturated heterocycles. The molecule has 0 bridgehead atoms. The minimum absolute atomic E-state index is 0.0682. The van der Waals surface area contributed by atoms with Crippen molar-refractivity contribution >= 4 is 11.8 Å². The lowest BCUT2D eigenvalue weighted by Crippen LogP contribution is -2.35. The molecular formula is C17H21N3O3S. The van der Waals surface area contributed by atoms with Gasteiger partial charge in [-0.25, -0.2) is 4.98 Å². The number of benzene rings is 1. The van der Waals surface area contributed by atoms with Crippen LogP contribution in [0.3, 0.4) is 0 Å². The molecule has 2 aromatic rings. The second kappa shape index (κ2) is 7.27. The SMILES string of the molecule is CCOc1cccc(CN2CCc3nc(SC)[nH]c(=O)c3C2)c1O. The van der Waals surface area contributed by atoms with Gasteiger partial charge in [-0.15, -0.1) is 0 Å².